The number of amides is 2. The number of likely N-dealkylation sites (tertiary alicyclic amines) is 1. The zero-order valence-electron chi connectivity index (χ0n) is 15.2. The van der Waals surface area contributed by atoms with Gasteiger partial charge in [0.2, 0.25) is 5.91 Å². The Morgan fingerprint density at radius 1 is 1.28 bits per heavy atom. The van der Waals surface area contributed by atoms with Gasteiger partial charge in [0.15, 0.2) is 0 Å². The number of aryl methyl sites for hydroxylation is 1. The van der Waals surface area contributed by atoms with Crippen LogP contribution in [0.15, 0.2) is 30.3 Å². The zero-order chi connectivity index (χ0) is 18.4. The van der Waals surface area contributed by atoms with Crippen LogP contribution in [0.1, 0.15) is 39.2 Å². The SMILES string of the molecule is CC(C)(C)OC(=O)N1C[C@H](O)C[C@@H]1C(=O)NCCCc1ccccc1. The fourth-order valence-electron chi connectivity index (χ4n) is 2.85. The number of nitrogens with one attached hydrogen (secondary N) is 1. The minimum absolute atomic E-state index is 0.122. The van der Waals surface area contributed by atoms with Crippen LogP contribution in [0.2, 0.25) is 0 Å². The third-order valence-electron chi connectivity index (χ3n) is 3.99. The van der Waals surface area contributed by atoms with Crippen molar-refractivity contribution in [2.24, 2.45) is 0 Å². The standard InChI is InChI=1S/C19H28N2O4/c1-19(2,3)25-18(24)21-13-15(22)12-16(21)17(23)20-11-7-10-14-8-5-4-6-9-14/h4-6,8-9,15-16,22H,7,10-13H2,1-3H3,(H,20,23)/t15-,16-/m1/s1. The Hall–Kier alpha value is -2.08. The Balaban J connectivity index is 1.83. The highest BCUT2D eigenvalue weighted by atomic mass is 16.6. The topological polar surface area (TPSA) is 78.9 Å². The van der Waals surface area contributed by atoms with Gasteiger partial charge in [-0.3, -0.25) is 9.69 Å². The second kappa shape index (κ2) is 8.34. The number of ether oxygens (including phenoxy) is 1. The summed E-state index contributed by atoms with van der Waals surface area (Å²) in [4.78, 5) is 26.0. The van der Waals surface area contributed by atoms with Crippen LogP contribution in [0.25, 0.3) is 0 Å². The summed E-state index contributed by atoms with van der Waals surface area (Å²) < 4.78 is 5.33. The second-order valence-electron chi connectivity index (χ2n) is 7.42. The second-order valence-corrected chi connectivity index (χ2v) is 7.42. The van der Waals surface area contributed by atoms with Gasteiger partial charge in [0, 0.05) is 13.0 Å². The number of aliphatic hydroxyl groups excluding tert-OH is 1. The molecule has 6 nitrogen and oxygen atoms in total. The van der Waals surface area contributed by atoms with Gasteiger partial charge in [-0.15, -0.1) is 0 Å². The number of benzene rings is 1. The highest BCUT2D eigenvalue weighted by Crippen LogP contribution is 2.21. The molecule has 25 heavy (non-hydrogen) atoms. The number of rotatable bonds is 5. The molecular formula is C19H28N2O4. The van der Waals surface area contributed by atoms with E-state index in [1.54, 1.807) is 20.8 Å². The van der Waals surface area contributed by atoms with Crippen LogP contribution in [-0.2, 0) is 16.0 Å². The van der Waals surface area contributed by atoms with Crippen LogP contribution >= 0.6 is 0 Å². The molecule has 0 bridgehead atoms. The summed E-state index contributed by atoms with van der Waals surface area (Å²) in [6.07, 6.45) is 0.673. The van der Waals surface area contributed by atoms with E-state index in [1.165, 1.54) is 10.5 Å². The van der Waals surface area contributed by atoms with Crippen molar-refractivity contribution in [1.82, 2.24) is 10.2 Å². The maximum absolute atomic E-state index is 12.4. The van der Waals surface area contributed by atoms with Gasteiger partial charge in [0.1, 0.15) is 11.6 Å². The Labute approximate surface area is 149 Å². The van der Waals surface area contributed by atoms with Crippen molar-refractivity contribution >= 4 is 12.0 Å². The first-order valence-electron chi connectivity index (χ1n) is 8.75. The van der Waals surface area contributed by atoms with Crippen molar-refractivity contribution in [3.63, 3.8) is 0 Å². The molecule has 0 aromatic heterocycles. The molecule has 2 amide bonds. The number of β-amino-alcohol motifs (C(OH)–C–C–N with tert-alkyl or cyclic N) is 1. The highest BCUT2D eigenvalue weighted by molar-refractivity contribution is 5.86. The molecule has 0 spiro atoms. The molecule has 2 rings (SSSR count). The number of carbonyl (C=O) groups excluding carboxylic acids is 2. The smallest absolute Gasteiger partial charge is 0.411 e. The Kier molecular flexibility index (Phi) is 6.42. The van der Waals surface area contributed by atoms with E-state index in [-0.39, 0.29) is 18.9 Å². The molecule has 1 aromatic rings. The molecule has 1 aromatic carbocycles. The number of hydrogen-bond acceptors (Lipinski definition) is 4. The minimum Gasteiger partial charge on any atom is -0.444 e. The van der Waals surface area contributed by atoms with Crippen molar-refractivity contribution in [1.29, 1.82) is 0 Å². The molecular weight excluding hydrogens is 320 g/mol. The van der Waals surface area contributed by atoms with Crippen LogP contribution in [0.4, 0.5) is 4.79 Å². The van der Waals surface area contributed by atoms with Crippen molar-refractivity contribution in [2.45, 2.75) is 57.8 Å². The fraction of sp³-hybridized carbons (Fsp3) is 0.579. The van der Waals surface area contributed by atoms with Gasteiger partial charge in [0.25, 0.3) is 0 Å². The van der Waals surface area contributed by atoms with E-state index < -0.39 is 23.8 Å². The summed E-state index contributed by atoms with van der Waals surface area (Å²) in [6, 6.07) is 9.39. The van der Waals surface area contributed by atoms with Crippen LogP contribution < -0.4 is 5.32 Å². The molecule has 0 unspecified atom stereocenters. The maximum atomic E-state index is 12.4. The van der Waals surface area contributed by atoms with E-state index in [9.17, 15) is 14.7 Å². The number of carbonyl (C=O) groups is 2. The Morgan fingerprint density at radius 3 is 2.60 bits per heavy atom. The predicted octanol–water partition coefficient (Wildman–Crippen LogP) is 2.11. The first kappa shape index (κ1) is 19.2. The molecule has 1 aliphatic heterocycles. The fourth-order valence-corrected chi connectivity index (χ4v) is 2.85. The van der Waals surface area contributed by atoms with Crippen molar-refractivity contribution in [3.05, 3.63) is 35.9 Å². The van der Waals surface area contributed by atoms with Gasteiger partial charge in [-0.2, -0.15) is 0 Å². The van der Waals surface area contributed by atoms with E-state index in [0.717, 1.165) is 12.8 Å². The lowest BCUT2D eigenvalue weighted by atomic mass is 10.1. The summed E-state index contributed by atoms with van der Waals surface area (Å²) in [5.74, 6) is -0.240. The lowest BCUT2D eigenvalue weighted by molar-refractivity contribution is -0.125. The van der Waals surface area contributed by atoms with Crippen LogP contribution in [0.3, 0.4) is 0 Å². The van der Waals surface area contributed by atoms with Gasteiger partial charge in [-0.05, 0) is 39.2 Å². The molecule has 2 N–H and O–H groups in total. The normalized spacial score (nSPS) is 20.4. The molecule has 0 radical (unpaired) electrons. The van der Waals surface area contributed by atoms with E-state index in [0.29, 0.717) is 6.54 Å². The van der Waals surface area contributed by atoms with Crippen molar-refractivity contribution < 1.29 is 19.4 Å². The quantitative estimate of drug-likeness (QED) is 0.799. The van der Waals surface area contributed by atoms with Crippen molar-refractivity contribution in [2.75, 3.05) is 13.1 Å². The third kappa shape index (κ3) is 6.05. The Bertz CT molecular complexity index is 583. The van der Waals surface area contributed by atoms with E-state index in [1.807, 2.05) is 18.2 Å². The zero-order valence-corrected chi connectivity index (χ0v) is 15.2. The van der Waals surface area contributed by atoms with Crippen LogP contribution in [-0.4, -0.2) is 52.8 Å². The molecule has 1 heterocycles. The van der Waals surface area contributed by atoms with E-state index in [2.05, 4.69) is 17.4 Å². The molecule has 6 heteroatoms. The molecule has 0 aliphatic carbocycles. The number of nitrogens with zero attached hydrogens (tertiary/aromatic N) is 1. The summed E-state index contributed by atoms with van der Waals surface area (Å²) in [5, 5.41) is 12.7. The number of hydrogen-bond donors (Lipinski definition) is 2. The third-order valence-corrected chi connectivity index (χ3v) is 3.99. The average molecular weight is 348 g/mol. The first-order chi connectivity index (χ1) is 11.8. The summed E-state index contributed by atoms with van der Waals surface area (Å²) >= 11 is 0. The molecule has 0 saturated carbocycles. The average Bonchev–Trinajstić information content (AvgIpc) is 2.93. The maximum Gasteiger partial charge on any atom is 0.411 e. The van der Waals surface area contributed by atoms with E-state index >= 15 is 0 Å². The first-order valence-corrected chi connectivity index (χ1v) is 8.75. The van der Waals surface area contributed by atoms with E-state index in [4.69, 9.17) is 4.74 Å². The molecule has 1 aliphatic rings. The highest BCUT2D eigenvalue weighted by Gasteiger charge is 2.40. The van der Waals surface area contributed by atoms with Gasteiger partial charge < -0.3 is 15.2 Å². The van der Waals surface area contributed by atoms with Crippen molar-refractivity contribution in [3.8, 4) is 0 Å². The lowest BCUT2D eigenvalue weighted by Crippen LogP contribution is -2.47. The largest absolute Gasteiger partial charge is 0.444 e. The molecule has 1 fully saturated rings. The minimum atomic E-state index is -0.701. The van der Waals surface area contributed by atoms with Gasteiger partial charge in [-0.1, -0.05) is 30.3 Å². The van der Waals surface area contributed by atoms with Gasteiger partial charge in [0.05, 0.1) is 12.6 Å². The van der Waals surface area contributed by atoms with Crippen LogP contribution in [0.5, 0.6) is 0 Å². The van der Waals surface area contributed by atoms with Gasteiger partial charge >= 0.3 is 6.09 Å². The monoisotopic (exact) mass is 348 g/mol. The van der Waals surface area contributed by atoms with Crippen LogP contribution in [0, 0.1) is 0 Å². The summed E-state index contributed by atoms with van der Waals surface area (Å²) in [7, 11) is 0. The molecule has 1 saturated heterocycles. The Morgan fingerprint density at radius 2 is 1.96 bits per heavy atom. The molecule has 138 valence electrons. The summed E-state index contributed by atoms with van der Waals surface area (Å²) in [6.45, 7) is 5.97. The number of aliphatic hydroxyl groups is 1. The summed E-state index contributed by atoms with van der Waals surface area (Å²) in [5.41, 5.74) is 0.588. The molecule has 2 atom stereocenters. The predicted molar refractivity (Wildman–Crippen MR) is 95.1 cm³/mol. The lowest BCUT2D eigenvalue weighted by Gasteiger charge is -2.27. The van der Waals surface area contributed by atoms with Gasteiger partial charge in [-0.25, -0.2) is 4.79 Å².